The predicted octanol–water partition coefficient (Wildman–Crippen LogP) is 4.60. The monoisotopic (exact) mass is 359 g/mol. The number of nitrogens with one attached hydrogen (secondary N) is 1. The summed E-state index contributed by atoms with van der Waals surface area (Å²) in [7, 11) is 0. The average Bonchev–Trinajstić information content (AvgIpc) is 2.40. The predicted molar refractivity (Wildman–Crippen MR) is 75.2 cm³/mol. The fourth-order valence-electron chi connectivity index (χ4n) is 1.58. The third-order valence-corrected chi connectivity index (χ3v) is 3.16. The van der Waals surface area contributed by atoms with Crippen LogP contribution in [0.15, 0.2) is 53.0 Å². The molecule has 0 unspecified atom stereocenters. The van der Waals surface area contributed by atoms with Crippen LogP contribution in [0.2, 0.25) is 0 Å². The Labute approximate surface area is 126 Å². The van der Waals surface area contributed by atoms with Gasteiger partial charge in [0.15, 0.2) is 0 Å². The molecule has 0 heterocycles. The highest BCUT2D eigenvalue weighted by Gasteiger charge is 2.30. The van der Waals surface area contributed by atoms with Crippen LogP contribution in [0.1, 0.15) is 10.4 Å². The van der Waals surface area contributed by atoms with Gasteiger partial charge in [-0.05, 0) is 52.3 Å². The largest absolute Gasteiger partial charge is 0.573 e. The fourth-order valence-corrected chi connectivity index (χ4v) is 2.05. The molecular weight excluding hydrogens is 351 g/mol. The number of hydrogen-bond acceptors (Lipinski definition) is 2. The van der Waals surface area contributed by atoms with E-state index < -0.39 is 6.36 Å². The van der Waals surface area contributed by atoms with Crippen LogP contribution in [0, 0.1) is 0 Å². The normalized spacial score (nSPS) is 11.0. The van der Waals surface area contributed by atoms with Gasteiger partial charge in [0.25, 0.3) is 5.91 Å². The molecule has 0 aliphatic rings. The number of halogens is 4. The van der Waals surface area contributed by atoms with E-state index in [1.165, 1.54) is 12.1 Å². The van der Waals surface area contributed by atoms with E-state index in [4.69, 9.17) is 0 Å². The van der Waals surface area contributed by atoms with Crippen LogP contribution in [-0.4, -0.2) is 12.3 Å². The van der Waals surface area contributed by atoms with Gasteiger partial charge in [-0.25, -0.2) is 0 Å². The van der Waals surface area contributed by atoms with Crippen LogP contribution in [-0.2, 0) is 0 Å². The van der Waals surface area contributed by atoms with E-state index in [1.54, 1.807) is 24.3 Å². The molecule has 2 rings (SSSR count). The van der Waals surface area contributed by atoms with Crippen LogP contribution in [0.25, 0.3) is 0 Å². The van der Waals surface area contributed by atoms with Crippen molar-refractivity contribution in [3.05, 3.63) is 58.6 Å². The third-order valence-electron chi connectivity index (χ3n) is 2.46. The first-order chi connectivity index (χ1) is 9.85. The molecule has 0 fully saturated rings. The fraction of sp³-hybridized carbons (Fsp3) is 0.0714. The Hall–Kier alpha value is -2.02. The molecule has 3 nitrogen and oxygen atoms in total. The Morgan fingerprint density at radius 3 is 2.24 bits per heavy atom. The molecule has 0 aliphatic heterocycles. The van der Waals surface area contributed by atoms with Gasteiger partial charge in [-0.1, -0.05) is 12.1 Å². The molecule has 0 atom stereocenters. The standard InChI is InChI=1S/C14H9BrF3NO2/c15-12-4-2-1-3-11(12)13(20)19-9-5-7-10(8-6-9)21-14(16,17)18/h1-8H,(H,19,20). The molecule has 0 radical (unpaired) electrons. The summed E-state index contributed by atoms with van der Waals surface area (Å²) in [4.78, 5) is 12.0. The number of carbonyl (C=O) groups excluding carboxylic acids is 1. The van der Waals surface area contributed by atoms with E-state index in [-0.39, 0.29) is 11.7 Å². The second-order valence-corrected chi connectivity index (χ2v) is 4.86. The summed E-state index contributed by atoms with van der Waals surface area (Å²) in [5.41, 5.74) is 0.790. The Morgan fingerprint density at radius 2 is 1.67 bits per heavy atom. The van der Waals surface area contributed by atoms with Crippen LogP contribution < -0.4 is 10.1 Å². The van der Waals surface area contributed by atoms with Crippen molar-refractivity contribution in [3.8, 4) is 5.75 Å². The zero-order valence-corrected chi connectivity index (χ0v) is 12.0. The van der Waals surface area contributed by atoms with E-state index >= 15 is 0 Å². The minimum Gasteiger partial charge on any atom is -0.406 e. The first kappa shape index (κ1) is 15.4. The van der Waals surface area contributed by atoms with Crippen molar-refractivity contribution in [2.24, 2.45) is 0 Å². The second kappa shape index (κ2) is 6.17. The smallest absolute Gasteiger partial charge is 0.406 e. The molecule has 2 aromatic rings. The topological polar surface area (TPSA) is 38.3 Å². The van der Waals surface area contributed by atoms with Crippen molar-refractivity contribution in [1.82, 2.24) is 0 Å². The molecule has 7 heteroatoms. The van der Waals surface area contributed by atoms with E-state index in [0.29, 0.717) is 15.7 Å². The summed E-state index contributed by atoms with van der Waals surface area (Å²) < 4.78 is 40.4. The quantitative estimate of drug-likeness (QED) is 0.869. The minimum absolute atomic E-state index is 0.346. The molecule has 0 spiro atoms. The van der Waals surface area contributed by atoms with E-state index in [2.05, 4.69) is 26.0 Å². The zero-order valence-electron chi connectivity index (χ0n) is 10.4. The van der Waals surface area contributed by atoms with Crippen LogP contribution >= 0.6 is 15.9 Å². The van der Waals surface area contributed by atoms with Gasteiger partial charge in [0.2, 0.25) is 0 Å². The van der Waals surface area contributed by atoms with Crippen LogP contribution in [0.4, 0.5) is 18.9 Å². The van der Waals surface area contributed by atoms with Crippen molar-refractivity contribution < 1.29 is 22.7 Å². The van der Waals surface area contributed by atoms with Crippen molar-refractivity contribution in [3.63, 3.8) is 0 Å². The molecule has 2 aromatic carbocycles. The molecule has 0 saturated carbocycles. The Bertz CT molecular complexity index is 641. The lowest BCUT2D eigenvalue weighted by molar-refractivity contribution is -0.274. The van der Waals surface area contributed by atoms with E-state index in [9.17, 15) is 18.0 Å². The highest BCUT2D eigenvalue weighted by molar-refractivity contribution is 9.10. The SMILES string of the molecule is O=C(Nc1ccc(OC(F)(F)F)cc1)c1ccccc1Br. The summed E-state index contributed by atoms with van der Waals surface area (Å²) in [5, 5.41) is 2.58. The van der Waals surface area contributed by atoms with Crippen molar-refractivity contribution in [2.45, 2.75) is 6.36 Å². The number of anilines is 1. The van der Waals surface area contributed by atoms with Crippen molar-refractivity contribution in [1.29, 1.82) is 0 Å². The lowest BCUT2D eigenvalue weighted by Crippen LogP contribution is -2.17. The van der Waals surface area contributed by atoms with Gasteiger partial charge >= 0.3 is 6.36 Å². The van der Waals surface area contributed by atoms with Crippen LogP contribution in [0.5, 0.6) is 5.75 Å². The van der Waals surface area contributed by atoms with E-state index in [1.807, 2.05) is 0 Å². The zero-order chi connectivity index (χ0) is 15.5. The maximum absolute atomic E-state index is 12.0. The van der Waals surface area contributed by atoms with Gasteiger partial charge in [-0.15, -0.1) is 13.2 Å². The number of ether oxygens (including phenoxy) is 1. The van der Waals surface area contributed by atoms with Crippen molar-refractivity contribution in [2.75, 3.05) is 5.32 Å². The lowest BCUT2D eigenvalue weighted by atomic mass is 10.2. The van der Waals surface area contributed by atoms with Crippen LogP contribution in [0.3, 0.4) is 0 Å². The van der Waals surface area contributed by atoms with Gasteiger partial charge in [-0.3, -0.25) is 4.79 Å². The molecule has 0 saturated heterocycles. The highest BCUT2D eigenvalue weighted by atomic mass is 79.9. The molecular formula is C14H9BrF3NO2. The van der Waals surface area contributed by atoms with Gasteiger partial charge in [0.05, 0.1) is 5.56 Å². The van der Waals surface area contributed by atoms with Gasteiger partial charge in [-0.2, -0.15) is 0 Å². The summed E-state index contributed by atoms with van der Waals surface area (Å²) >= 11 is 3.25. The van der Waals surface area contributed by atoms with Gasteiger partial charge < -0.3 is 10.1 Å². The Kier molecular flexibility index (Phi) is 4.52. The maximum atomic E-state index is 12.0. The van der Waals surface area contributed by atoms with Crippen molar-refractivity contribution >= 4 is 27.5 Å². The summed E-state index contributed by atoms with van der Waals surface area (Å²) in [6, 6.07) is 11.7. The number of benzene rings is 2. The highest BCUT2D eigenvalue weighted by Crippen LogP contribution is 2.24. The second-order valence-electron chi connectivity index (χ2n) is 4.01. The average molecular weight is 360 g/mol. The number of amides is 1. The van der Waals surface area contributed by atoms with E-state index in [0.717, 1.165) is 12.1 Å². The summed E-state index contributed by atoms with van der Waals surface area (Å²) in [6.07, 6.45) is -4.74. The first-order valence-electron chi connectivity index (χ1n) is 5.77. The van der Waals surface area contributed by atoms with Gasteiger partial charge in [0.1, 0.15) is 5.75 Å². The summed E-state index contributed by atoms with van der Waals surface area (Å²) in [5.74, 6) is -0.714. The molecule has 1 amide bonds. The lowest BCUT2D eigenvalue weighted by Gasteiger charge is -2.10. The number of carbonyl (C=O) groups is 1. The molecule has 0 bridgehead atoms. The summed E-state index contributed by atoms with van der Waals surface area (Å²) in [6.45, 7) is 0. The maximum Gasteiger partial charge on any atom is 0.573 e. The first-order valence-corrected chi connectivity index (χ1v) is 6.56. The van der Waals surface area contributed by atoms with Gasteiger partial charge in [0, 0.05) is 10.2 Å². The third kappa shape index (κ3) is 4.49. The molecule has 110 valence electrons. The molecule has 21 heavy (non-hydrogen) atoms. The Morgan fingerprint density at radius 1 is 1.05 bits per heavy atom. The minimum atomic E-state index is -4.74. The molecule has 1 N–H and O–H groups in total. The number of alkyl halides is 3. The molecule has 0 aromatic heterocycles. The Balaban J connectivity index is 2.07. The number of rotatable bonds is 3. The molecule has 0 aliphatic carbocycles. The number of hydrogen-bond donors (Lipinski definition) is 1.